The van der Waals surface area contributed by atoms with E-state index in [9.17, 15) is 0 Å². The van der Waals surface area contributed by atoms with Gasteiger partial charge in [0.15, 0.2) is 0 Å². The van der Waals surface area contributed by atoms with Crippen LogP contribution >= 0.6 is 11.6 Å². The number of hydrogen-bond acceptors (Lipinski definition) is 2. The van der Waals surface area contributed by atoms with Crippen molar-refractivity contribution in [2.45, 2.75) is 46.7 Å². The molecule has 0 aromatic heterocycles. The van der Waals surface area contributed by atoms with E-state index >= 15 is 0 Å². The Morgan fingerprint density at radius 1 is 1.28 bits per heavy atom. The van der Waals surface area contributed by atoms with Gasteiger partial charge in [0.1, 0.15) is 0 Å². The molecule has 0 heterocycles. The summed E-state index contributed by atoms with van der Waals surface area (Å²) in [6.07, 6.45) is 1.15. The largest absolute Gasteiger partial charge is 0.372 e. The molecular weight excluding hydrogens is 244 g/mol. The summed E-state index contributed by atoms with van der Waals surface area (Å²) in [5, 5.41) is 4.31. The van der Waals surface area contributed by atoms with Crippen LogP contribution in [-0.2, 0) is 6.54 Å². The van der Waals surface area contributed by atoms with E-state index in [2.05, 4.69) is 44.0 Å². The molecule has 18 heavy (non-hydrogen) atoms. The summed E-state index contributed by atoms with van der Waals surface area (Å²) in [6.45, 7) is 11.6. The molecule has 0 saturated carbocycles. The maximum absolute atomic E-state index is 6.35. The summed E-state index contributed by atoms with van der Waals surface area (Å²) in [5.41, 5.74) is 2.48. The average molecular weight is 269 g/mol. The van der Waals surface area contributed by atoms with E-state index in [0.717, 1.165) is 31.1 Å². The van der Waals surface area contributed by atoms with Crippen LogP contribution in [0.1, 0.15) is 39.7 Å². The highest BCUT2D eigenvalue weighted by Gasteiger charge is 2.12. The van der Waals surface area contributed by atoms with Gasteiger partial charge in [0.25, 0.3) is 0 Å². The zero-order valence-electron chi connectivity index (χ0n) is 12.0. The van der Waals surface area contributed by atoms with Crippen molar-refractivity contribution in [2.75, 3.05) is 18.0 Å². The Balaban J connectivity index is 2.98. The van der Waals surface area contributed by atoms with Gasteiger partial charge in [-0.25, -0.2) is 0 Å². The van der Waals surface area contributed by atoms with Crippen LogP contribution in [0.5, 0.6) is 0 Å². The van der Waals surface area contributed by atoms with Gasteiger partial charge in [-0.1, -0.05) is 38.4 Å². The van der Waals surface area contributed by atoms with Gasteiger partial charge in [-0.2, -0.15) is 0 Å². The summed E-state index contributed by atoms with van der Waals surface area (Å²) in [4.78, 5) is 2.39. The van der Waals surface area contributed by atoms with Crippen molar-refractivity contribution < 1.29 is 0 Å². The summed E-state index contributed by atoms with van der Waals surface area (Å²) in [7, 11) is 0. The minimum atomic E-state index is 0.468. The van der Waals surface area contributed by atoms with E-state index < -0.39 is 0 Å². The van der Waals surface area contributed by atoms with E-state index in [-0.39, 0.29) is 0 Å². The molecule has 3 heteroatoms. The second-order valence-corrected chi connectivity index (χ2v) is 5.26. The van der Waals surface area contributed by atoms with Gasteiger partial charge < -0.3 is 10.2 Å². The maximum atomic E-state index is 6.35. The lowest BCUT2D eigenvalue weighted by atomic mass is 10.1. The Kier molecular flexibility index (Phi) is 6.51. The molecule has 0 radical (unpaired) electrons. The van der Waals surface area contributed by atoms with Crippen LogP contribution in [0.25, 0.3) is 0 Å². The van der Waals surface area contributed by atoms with Crippen molar-refractivity contribution in [2.24, 2.45) is 0 Å². The predicted octanol–water partition coefficient (Wildman–Crippen LogP) is 4.07. The summed E-state index contributed by atoms with van der Waals surface area (Å²) >= 11 is 6.35. The second kappa shape index (κ2) is 7.65. The minimum absolute atomic E-state index is 0.468. The number of nitrogens with one attached hydrogen (secondary N) is 1. The quantitative estimate of drug-likeness (QED) is 0.802. The van der Waals surface area contributed by atoms with Crippen LogP contribution < -0.4 is 10.2 Å². The van der Waals surface area contributed by atoms with Crippen molar-refractivity contribution >= 4 is 17.3 Å². The maximum Gasteiger partial charge on any atom is 0.0471 e. The molecule has 0 bridgehead atoms. The van der Waals surface area contributed by atoms with Crippen LogP contribution in [0, 0.1) is 0 Å². The lowest BCUT2D eigenvalue weighted by Gasteiger charge is -2.26. The molecule has 0 aliphatic rings. The molecule has 102 valence electrons. The molecular formula is C15H25ClN2. The molecule has 0 amide bonds. The first kappa shape index (κ1) is 15.3. The van der Waals surface area contributed by atoms with Gasteiger partial charge in [0.2, 0.25) is 0 Å². The molecule has 0 saturated heterocycles. The third-order valence-corrected chi connectivity index (χ3v) is 3.35. The zero-order valence-corrected chi connectivity index (χ0v) is 12.7. The number of anilines is 1. The standard InChI is InChI=1S/C15H25ClN2/c1-5-10-18(6-2)15-9-7-8-14(16)13(15)11-17-12(3)4/h7-9,12,17H,5-6,10-11H2,1-4H3. The van der Waals surface area contributed by atoms with Gasteiger partial charge in [0.05, 0.1) is 0 Å². The van der Waals surface area contributed by atoms with Crippen LogP contribution in [0.15, 0.2) is 18.2 Å². The van der Waals surface area contributed by atoms with E-state index in [1.54, 1.807) is 0 Å². The van der Waals surface area contributed by atoms with Gasteiger partial charge in [-0.15, -0.1) is 0 Å². The van der Waals surface area contributed by atoms with Crippen LogP contribution in [0.3, 0.4) is 0 Å². The molecule has 0 unspecified atom stereocenters. The number of halogens is 1. The van der Waals surface area contributed by atoms with Crippen LogP contribution in [-0.4, -0.2) is 19.1 Å². The third kappa shape index (κ3) is 4.18. The predicted molar refractivity (Wildman–Crippen MR) is 81.6 cm³/mol. The normalized spacial score (nSPS) is 11.0. The van der Waals surface area contributed by atoms with Crippen molar-refractivity contribution in [1.82, 2.24) is 5.32 Å². The fraction of sp³-hybridized carbons (Fsp3) is 0.600. The Hall–Kier alpha value is -0.730. The Morgan fingerprint density at radius 3 is 2.56 bits per heavy atom. The number of benzene rings is 1. The zero-order chi connectivity index (χ0) is 13.5. The summed E-state index contributed by atoms with van der Waals surface area (Å²) in [6, 6.07) is 6.65. The second-order valence-electron chi connectivity index (χ2n) is 4.85. The third-order valence-electron chi connectivity index (χ3n) is 3.00. The molecule has 1 aromatic carbocycles. The molecule has 0 atom stereocenters. The molecule has 0 spiro atoms. The summed E-state index contributed by atoms with van der Waals surface area (Å²) in [5.74, 6) is 0. The lowest BCUT2D eigenvalue weighted by molar-refractivity contribution is 0.587. The van der Waals surface area contributed by atoms with Crippen LogP contribution in [0.2, 0.25) is 5.02 Å². The van der Waals surface area contributed by atoms with Gasteiger partial charge >= 0.3 is 0 Å². The van der Waals surface area contributed by atoms with E-state index in [1.165, 1.54) is 11.3 Å². The SMILES string of the molecule is CCCN(CC)c1cccc(Cl)c1CNC(C)C. The van der Waals surface area contributed by atoms with Crippen molar-refractivity contribution in [3.63, 3.8) is 0 Å². The summed E-state index contributed by atoms with van der Waals surface area (Å²) < 4.78 is 0. The fourth-order valence-electron chi connectivity index (χ4n) is 2.04. The molecule has 1 N–H and O–H groups in total. The average Bonchev–Trinajstić information content (AvgIpc) is 2.34. The number of nitrogens with zero attached hydrogens (tertiary/aromatic N) is 1. The Bertz CT molecular complexity index is 364. The first-order chi connectivity index (χ1) is 8.60. The number of rotatable bonds is 7. The van der Waals surface area contributed by atoms with Crippen LogP contribution in [0.4, 0.5) is 5.69 Å². The molecule has 1 rings (SSSR count). The molecule has 0 aliphatic heterocycles. The lowest BCUT2D eigenvalue weighted by Crippen LogP contribution is -2.27. The molecule has 1 aromatic rings. The van der Waals surface area contributed by atoms with E-state index in [0.29, 0.717) is 6.04 Å². The van der Waals surface area contributed by atoms with Crippen molar-refractivity contribution in [3.05, 3.63) is 28.8 Å². The molecule has 2 nitrogen and oxygen atoms in total. The first-order valence-electron chi connectivity index (χ1n) is 6.85. The smallest absolute Gasteiger partial charge is 0.0471 e. The monoisotopic (exact) mass is 268 g/mol. The highest BCUT2D eigenvalue weighted by Crippen LogP contribution is 2.27. The van der Waals surface area contributed by atoms with Crippen molar-refractivity contribution in [3.8, 4) is 0 Å². The van der Waals surface area contributed by atoms with Crippen molar-refractivity contribution in [1.29, 1.82) is 0 Å². The minimum Gasteiger partial charge on any atom is -0.372 e. The van der Waals surface area contributed by atoms with Gasteiger partial charge in [0, 0.05) is 41.9 Å². The molecule has 0 fully saturated rings. The van der Waals surface area contributed by atoms with Gasteiger partial charge in [-0.05, 0) is 25.5 Å². The first-order valence-corrected chi connectivity index (χ1v) is 7.23. The number of hydrogen-bond donors (Lipinski definition) is 1. The van der Waals surface area contributed by atoms with Gasteiger partial charge in [-0.3, -0.25) is 0 Å². The molecule has 0 aliphatic carbocycles. The van der Waals surface area contributed by atoms with E-state index in [1.807, 2.05) is 12.1 Å². The fourth-order valence-corrected chi connectivity index (χ4v) is 2.28. The Morgan fingerprint density at radius 2 is 2.00 bits per heavy atom. The van der Waals surface area contributed by atoms with E-state index in [4.69, 9.17) is 11.6 Å². The topological polar surface area (TPSA) is 15.3 Å². The highest BCUT2D eigenvalue weighted by atomic mass is 35.5. The Labute approximate surface area is 116 Å². The highest BCUT2D eigenvalue weighted by molar-refractivity contribution is 6.31.